The summed E-state index contributed by atoms with van der Waals surface area (Å²) in [6, 6.07) is 10.8. The van der Waals surface area contributed by atoms with Crippen LogP contribution in [0.3, 0.4) is 0 Å². The van der Waals surface area contributed by atoms with Gasteiger partial charge in [0.2, 0.25) is 0 Å². The molecule has 1 atom stereocenters. The van der Waals surface area contributed by atoms with Crippen LogP contribution in [0.5, 0.6) is 5.75 Å². The number of hydrogen-bond donors (Lipinski definition) is 2. The van der Waals surface area contributed by atoms with Gasteiger partial charge in [0.15, 0.2) is 0 Å². The first-order valence-corrected chi connectivity index (χ1v) is 9.35. The summed E-state index contributed by atoms with van der Waals surface area (Å²) in [5.74, 6) is 3.57. The average Bonchev–Trinajstić information content (AvgIpc) is 3.21. The van der Waals surface area contributed by atoms with E-state index in [2.05, 4.69) is 28.1 Å². The molecule has 4 nitrogen and oxygen atoms in total. The summed E-state index contributed by atoms with van der Waals surface area (Å²) < 4.78 is 19.9. The summed E-state index contributed by atoms with van der Waals surface area (Å²) in [5.41, 5.74) is 1.35. The number of terminal acetylenes is 1. The Labute approximate surface area is 164 Å². The molecule has 1 saturated heterocycles. The van der Waals surface area contributed by atoms with Crippen LogP contribution >= 0.6 is 0 Å². The molecule has 0 spiro atoms. The predicted molar refractivity (Wildman–Crippen MR) is 113 cm³/mol. The quantitative estimate of drug-likeness (QED) is 0.478. The summed E-state index contributed by atoms with van der Waals surface area (Å²) in [6.45, 7) is 7.61. The van der Waals surface area contributed by atoms with Crippen LogP contribution in [-0.4, -0.2) is 25.0 Å². The van der Waals surface area contributed by atoms with E-state index in [-0.39, 0.29) is 11.3 Å². The zero-order valence-electron chi connectivity index (χ0n) is 16.0. The number of aliphatic imine (C=N–C) groups is 1. The van der Waals surface area contributed by atoms with Crippen molar-refractivity contribution in [1.82, 2.24) is 5.32 Å². The monoisotopic (exact) mass is 377 g/mol. The smallest absolute Gasteiger partial charge is 0.131 e. The molecular weight excluding hydrogens is 353 g/mol. The largest absolute Gasteiger partial charge is 0.489 e. The van der Waals surface area contributed by atoms with Gasteiger partial charge in [-0.15, -0.1) is 6.42 Å². The maximum Gasteiger partial charge on any atom is 0.131 e. The Hall–Kier alpha value is -3.10. The highest BCUT2D eigenvalue weighted by Crippen LogP contribution is 2.20. The Morgan fingerprint density at radius 3 is 3.04 bits per heavy atom. The van der Waals surface area contributed by atoms with Gasteiger partial charge in [0.1, 0.15) is 23.5 Å². The van der Waals surface area contributed by atoms with Gasteiger partial charge in [-0.25, -0.2) is 9.38 Å². The summed E-state index contributed by atoms with van der Waals surface area (Å²) >= 11 is 0. The number of anilines is 1. The topological polar surface area (TPSA) is 45.7 Å². The van der Waals surface area contributed by atoms with E-state index >= 15 is 0 Å². The number of rotatable bonds is 5. The van der Waals surface area contributed by atoms with Crippen molar-refractivity contribution in [3.8, 4) is 18.1 Å². The van der Waals surface area contributed by atoms with Crippen LogP contribution in [0, 0.1) is 18.2 Å². The number of benzene rings is 2. The zero-order valence-corrected chi connectivity index (χ0v) is 16.0. The molecule has 2 aromatic rings. The zero-order chi connectivity index (χ0) is 19.9. The molecule has 2 N–H and O–H groups in total. The third kappa shape index (κ3) is 4.99. The predicted octanol–water partition coefficient (Wildman–Crippen LogP) is 2.62. The Morgan fingerprint density at radius 1 is 1.46 bits per heavy atom. The normalized spacial score (nSPS) is 17.4. The first-order valence-electron chi connectivity index (χ1n) is 9.35. The van der Waals surface area contributed by atoms with Crippen molar-refractivity contribution in [2.75, 3.05) is 18.4 Å². The SMILES string of the molecule is C#Cc1cc(F)c(=C)/c(=C\N=C(/CC)Nc2cccc(O[C@@H]3CCNC3)c2)c1. The van der Waals surface area contributed by atoms with Crippen molar-refractivity contribution in [3.05, 3.63) is 58.2 Å². The highest BCUT2D eigenvalue weighted by molar-refractivity contribution is 5.96. The van der Waals surface area contributed by atoms with E-state index in [0.717, 1.165) is 36.8 Å². The standard InChI is InChI=1S/C23H24FN3O/c1-4-17-11-18(16(3)22(24)12-17)14-26-23(5-2)27-19-7-6-8-20(13-19)28-21-9-10-25-15-21/h1,6-8,11-14,21,25H,3,5,9-10,15H2,2H3,(H,26,27)/b18-14-/t21-/m1/s1. The lowest BCUT2D eigenvalue weighted by atomic mass is 10.1. The molecular formula is C23H24FN3O. The number of nitrogens with one attached hydrogen (secondary N) is 2. The molecule has 1 aliphatic rings. The second-order valence-electron chi connectivity index (χ2n) is 6.61. The van der Waals surface area contributed by atoms with E-state index in [1.54, 1.807) is 12.3 Å². The lowest BCUT2D eigenvalue weighted by Crippen LogP contribution is -2.27. The molecule has 0 aromatic heterocycles. The maximum atomic E-state index is 13.9. The van der Waals surface area contributed by atoms with Gasteiger partial charge >= 0.3 is 0 Å². The summed E-state index contributed by atoms with van der Waals surface area (Å²) in [6.07, 6.45) is 8.86. The van der Waals surface area contributed by atoms with Gasteiger partial charge < -0.3 is 15.4 Å². The second-order valence-corrected chi connectivity index (χ2v) is 6.61. The first-order chi connectivity index (χ1) is 13.6. The van der Waals surface area contributed by atoms with Crippen LogP contribution in [0.25, 0.3) is 12.8 Å². The fourth-order valence-corrected chi connectivity index (χ4v) is 2.95. The first kappa shape index (κ1) is 19.7. The van der Waals surface area contributed by atoms with E-state index in [1.165, 1.54) is 6.07 Å². The summed E-state index contributed by atoms with van der Waals surface area (Å²) in [4.78, 5) is 4.47. The summed E-state index contributed by atoms with van der Waals surface area (Å²) in [5, 5.41) is 7.42. The molecule has 144 valence electrons. The molecule has 2 aromatic carbocycles. The molecule has 1 heterocycles. The Morgan fingerprint density at radius 2 is 2.32 bits per heavy atom. The number of halogens is 1. The summed E-state index contributed by atoms with van der Waals surface area (Å²) in [7, 11) is 0. The minimum absolute atomic E-state index is 0.205. The Balaban J connectivity index is 1.80. The van der Waals surface area contributed by atoms with Crippen LogP contribution < -0.4 is 25.8 Å². The van der Waals surface area contributed by atoms with Crippen molar-refractivity contribution in [1.29, 1.82) is 0 Å². The average molecular weight is 377 g/mol. The van der Waals surface area contributed by atoms with Gasteiger partial charge in [0, 0.05) is 46.9 Å². The van der Waals surface area contributed by atoms with Crippen molar-refractivity contribution in [2.45, 2.75) is 25.9 Å². The van der Waals surface area contributed by atoms with Crippen LogP contribution in [0.2, 0.25) is 0 Å². The molecule has 28 heavy (non-hydrogen) atoms. The Bertz CT molecular complexity index is 1020. The lowest BCUT2D eigenvalue weighted by Gasteiger charge is -2.14. The van der Waals surface area contributed by atoms with Crippen molar-refractivity contribution >= 4 is 24.3 Å². The molecule has 3 rings (SSSR count). The second kappa shape index (κ2) is 9.20. The fourth-order valence-electron chi connectivity index (χ4n) is 2.95. The maximum absolute atomic E-state index is 13.9. The van der Waals surface area contributed by atoms with Crippen molar-refractivity contribution < 1.29 is 9.13 Å². The van der Waals surface area contributed by atoms with Gasteiger partial charge in [-0.2, -0.15) is 0 Å². The lowest BCUT2D eigenvalue weighted by molar-refractivity contribution is 0.223. The van der Waals surface area contributed by atoms with Gasteiger partial charge in [-0.1, -0.05) is 25.5 Å². The number of ether oxygens (including phenoxy) is 1. The molecule has 1 aliphatic heterocycles. The van der Waals surface area contributed by atoms with E-state index in [1.807, 2.05) is 31.2 Å². The third-order valence-electron chi connectivity index (χ3n) is 4.53. The fraction of sp³-hybridized carbons (Fsp3) is 0.261. The molecule has 0 aliphatic carbocycles. The van der Waals surface area contributed by atoms with Gasteiger partial charge in [0.05, 0.1) is 0 Å². The molecule has 0 bridgehead atoms. The number of hydrogen-bond acceptors (Lipinski definition) is 3. The molecule has 0 radical (unpaired) electrons. The highest BCUT2D eigenvalue weighted by atomic mass is 19.1. The van der Waals surface area contributed by atoms with E-state index in [4.69, 9.17) is 11.2 Å². The number of amidine groups is 1. The minimum atomic E-state index is -0.436. The number of nitrogens with zero attached hydrogens (tertiary/aromatic N) is 1. The van der Waals surface area contributed by atoms with E-state index in [9.17, 15) is 4.39 Å². The minimum Gasteiger partial charge on any atom is -0.489 e. The van der Waals surface area contributed by atoms with Crippen LogP contribution in [0.4, 0.5) is 10.1 Å². The molecule has 0 saturated carbocycles. The van der Waals surface area contributed by atoms with E-state index in [0.29, 0.717) is 17.2 Å². The van der Waals surface area contributed by atoms with Crippen LogP contribution in [0.15, 0.2) is 41.4 Å². The molecule has 0 unspecified atom stereocenters. The molecule has 0 amide bonds. The third-order valence-corrected chi connectivity index (χ3v) is 4.53. The highest BCUT2D eigenvalue weighted by Gasteiger charge is 2.15. The van der Waals surface area contributed by atoms with E-state index < -0.39 is 5.82 Å². The van der Waals surface area contributed by atoms with Gasteiger partial charge in [0.25, 0.3) is 0 Å². The van der Waals surface area contributed by atoms with Gasteiger partial charge in [-0.05, 0) is 37.2 Å². The molecule has 5 heteroatoms. The Kier molecular flexibility index (Phi) is 6.46. The van der Waals surface area contributed by atoms with Crippen molar-refractivity contribution in [3.63, 3.8) is 0 Å². The van der Waals surface area contributed by atoms with Crippen molar-refractivity contribution in [2.24, 2.45) is 4.99 Å². The molecule has 1 fully saturated rings. The van der Waals surface area contributed by atoms with Gasteiger partial charge in [-0.3, -0.25) is 0 Å². The van der Waals surface area contributed by atoms with Crippen LogP contribution in [-0.2, 0) is 0 Å². The van der Waals surface area contributed by atoms with Crippen LogP contribution in [0.1, 0.15) is 25.3 Å².